The molecule has 7 nitrogen and oxygen atoms in total. The van der Waals surface area contributed by atoms with Crippen LogP contribution in [0.2, 0.25) is 0 Å². The van der Waals surface area contributed by atoms with Crippen LogP contribution in [0.1, 0.15) is 81.6 Å². The number of hydrogen-bond donors (Lipinski definition) is 1. The topological polar surface area (TPSA) is 70.5 Å². The highest BCUT2D eigenvalue weighted by Gasteiger charge is 2.13. The van der Waals surface area contributed by atoms with Gasteiger partial charge < -0.3 is 10.2 Å². The molecule has 0 radical (unpaired) electrons. The van der Waals surface area contributed by atoms with Gasteiger partial charge in [-0.15, -0.1) is 0 Å². The molecule has 1 N–H and O–H groups in total. The normalized spacial score (nSPS) is 11.6. The molecule has 0 aliphatic carbocycles. The molecule has 42 heavy (non-hydrogen) atoms. The van der Waals surface area contributed by atoms with Crippen LogP contribution in [-0.4, -0.2) is 65.5 Å². The molecule has 0 aliphatic heterocycles. The fraction of sp³-hybridized carbons (Fsp3) is 0.457. The molecule has 0 fully saturated rings. The maximum absolute atomic E-state index is 12.6. The number of carbonyl (C=O) groups is 1. The summed E-state index contributed by atoms with van der Waals surface area (Å²) in [4.78, 5) is 32.6. The van der Waals surface area contributed by atoms with Crippen LogP contribution in [0.15, 0.2) is 65.2 Å². The molecular weight excluding hydrogens is 522 g/mol. The molecule has 1 amide bonds. The van der Waals surface area contributed by atoms with E-state index in [-0.39, 0.29) is 11.5 Å². The van der Waals surface area contributed by atoms with E-state index in [9.17, 15) is 9.59 Å². The standard InChI is InChI=1S/C23H34N4O.C10H13NO.C2H6/c1-7-12-26(18(4)8-2)16-17(3)14-21-19(5)25-11-9-22(21)27-13-10-20(24-6)15-23(27)28;1-8-4-6-9(7-5-8)10(12)11(2)3;1-2/h9-11,13-15,18,24H,7-8,12,16H2,1-6H3;4-7H,1-3H3;1-2H3/b17-14+;;. The van der Waals surface area contributed by atoms with Gasteiger partial charge in [0.25, 0.3) is 11.5 Å². The van der Waals surface area contributed by atoms with Crippen LogP contribution in [0.25, 0.3) is 11.8 Å². The lowest BCUT2D eigenvalue weighted by Crippen LogP contribution is -2.34. The fourth-order valence-electron chi connectivity index (χ4n) is 4.35. The molecule has 1 aromatic carbocycles. The minimum absolute atomic E-state index is 0.0509. The Balaban J connectivity index is 0.000000524. The Hall–Kier alpha value is -3.71. The molecule has 0 saturated carbocycles. The van der Waals surface area contributed by atoms with Crippen LogP contribution in [0.4, 0.5) is 5.69 Å². The van der Waals surface area contributed by atoms with Gasteiger partial charge in [0, 0.05) is 74.7 Å². The summed E-state index contributed by atoms with van der Waals surface area (Å²) < 4.78 is 1.69. The second-order valence-electron chi connectivity index (χ2n) is 10.5. The minimum atomic E-state index is -0.0584. The molecule has 1 unspecified atom stereocenters. The quantitative estimate of drug-likeness (QED) is 0.276. The van der Waals surface area contributed by atoms with Gasteiger partial charge in [0.15, 0.2) is 0 Å². The number of nitrogens with zero attached hydrogens (tertiary/aromatic N) is 4. The highest BCUT2D eigenvalue weighted by Crippen LogP contribution is 2.21. The highest BCUT2D eigenvalue weighted by atomic mass is 16.2. The van der Waals surface area contributed by atoms with Gasteiger partial charge in [0.2, 0.25) is 0 Å². The van der Waals surface area contributed by atoms with E-state index in [0.717, 1.165) is 54.1 Å². The Morgan fingerprint density at radius 2 is 1.71 bits per heavy atom. The average molecular weight is 576 g/mol. The van der Waals surface area contributed by atoms with Crippen molar-refractivity contribution in [1.29, 1.82) is 0 Å². The summed E-state index contributed by atoms with van der Waals surface area (Å²) >= 11 is 0. The van der Waals surface area contributed by atoms with E-state index < -0.39 is 0 Å². The van der Waals surface area contributed by atoms with Gasteiger partial charge in [-0.1, -0.05) is 57.0 Å². The molecule has 3 aromatic rings. The summed E-state index contributed by atoms with van der Waals surface area (Å²) in [5.41, 5.74) is 6.72. The molecule has 3 rings (SSSR count). The average Bonchev–Trinajstić information content (AvgIpc) is 2.99. The van der Waals surface area contributed by atoms with E-state index in [4.69, 9.17) is 0 Å². The summed E-state index contributed by atoms with van der Waals surface area (Å²) in [6.07, 6.45) is 8.04. The van der Waals surface area contributed by atoms with E-state index in [1.807, 2.05) is 77.3 Å². The van der Waals surface area contributed by atoms with E-state index in [1.165, 1.54) is 11.1 Å². The third-order valence-electron chi connectivity index (χ3n) is 6.91. The second kappa shape index (κ2) is 18.7. The summed E-state index contributed by atoms with van der Waals surface area (Å²) in [5.74, 6) is 0.0509. The lowest BCUT2D eigenvalue weighted by atomic mass is 10.1. The van der Waals surface area contributed by atoms with Gasteiger partial charge >= 0.3 is 0 Å². The summed E-state index contributed by atoms with van der Waals surface area (Å²) in [6.45, 7) is 18.9. The van der Waals surface area contributed by atoms with Gasteiger partial charge in [0.1, 0.15) is 0 Å². The van der Waals surface area contributed by atoms with Gasteiger partial charge in [-0.2, -0.15) is 0 Å². The number of carbonyl (C=O) groups excluding carboxylic acids is 1. The van der Waals surface area contributed by atoms with Crippen LogP contribution in [0.3, 0.4) is 0 Å². The summed E-state index contributed by atoms with van der Waals surface area (Å²) in [5, 5.41) is 3.01. The minimum Gasteiger partial charge on any atom is -0.388 e. The van der Waals surface area contributed by atoms with Crippen LogP contribution in [0, 0.1) is 13.8 Å². The first-order valence-corrected chi connectivity index (χ1v) is 15.1. The summed E-state index contributed by atoms with van der Waals surface area (Å²) in [7, 11) is 5.32. The van der Waals surface area contributed by atoms with Crippen molar-refractivity contribution in [3.63, 3.8) is 0 Å². The third-order valence-corrected chi connectivity index (χ3v) is 6.91. The Morgan fingerprint density at radius 3 is 2.24 bits per heavy atom. The van der Waals surface area contributed by atoms with Crippen molar-refractivity contribution in [3.05, 3.63) is 93.2 Å². The molecule has 2 aromatic heterocycles. The first-order chi connectivity index (χ1) is 20.0. The van der Waals surface area contributed by atoms with Gasteiger partial charge in [-0.3, -0.25) is 24.0 Å². The number of pyridine rings is 2. The van der Waals surface area contributed by atoms with Crippen LogP contribution < -0.4 is 10.9 Å². The largest absolute Gasteiger partial charge is 0.388 e. The molecule has 230 valence electrons. The third kappa shape index (κ3) is 10.9. The van der Waals surface area contributed by atoms with Gasteiger partial charge in [0.05, 0.1) is 5.69 Å². The molecule has 1 atom stereocenters. The SMILES string of the molecule is CC.CCCN(C/C(C)=C/c1c(-n2ccc(NC)cc2=O)ccnc1C)C(C)CC.Cc1ccc(C(=O)N(C)C)cc1. The number of amides is 1. The highest BCUT2D eigenvalue weighted by molar-refractivity contribution is 5.93. The molecule has 7 heteroatoms. The lowest BCUT2D eigenvalue weighted by molar-refractivity contribution is 0.0827. The Bertz CT molecular complexity index is 1330. The monoisotopic (exact) mass is 575 g/mol. The number of aryl methyl sites for hydroxylation is 2. The Labute approximate surface area is 254 Å². The molecule has 0 bridgehead atoms. The summed E-state index contributed by atoms with van der Waals surface area (Å²) in [6, 6.07) is 13.5. The molecular formula is C35H53N5O2. The number of aromatic nitrogens is 2. The predicted octanol–water partition coefficient (Wildman–Crippen LogP) is 7.22. The van der Waals surface area contributed by atoms with E-state index in [1.54, 1.807) is 35.8 Å². The molecule has 0 spiro atoms. The number of nitrogens with one attached hydrogen (secondary N) is 1. The number of anilines is 1. The Morgan fingerprint density at radius 1 is 1.07 bits per heavy atom. The first kappa shape index (κ1) is 36.3. The first-order valence-electron chi connectivity index (χ1n) is 15.1. The van der Waals surface area contributed by atoms with Gasteiger partial charge in [-0.05, 0) is 71.3 Å². The Kier molecular flexibility index (Phi) is 16.1. The van der Waals surface area contributed by atoms with Crippen molar-refractivity contribution in [1.82, 2.24) is 19.4 Å². The van der Waals surface area contributed by atoms with Crippen LogP contribution >= 0.6 is 0 Å². The smallest absolute Gasteiger partial charge is 0.257 e. The zero-order chi connectivity index (χ0) is 31.8. The maximum atomic E-state index is 12.6. The molecule has 2 heterocycles. The zero-order valence-electron chi connectivity index (χ0n) is 27.8. The van der Waals surface area contributed by atoms with Crippen molar-refractivity contribution in [2.24, 2.45) is 0 Å². The molecule has 0 aliphatic rings. The van der Waals surface area contributed by atoms with Crippen molar-refractivity contribution >= 4 is 17.7 Å². The van der Waals surface area contributed by atoms with Crippen LogP contribution in [-0.2, 0) is 0 Å². The van der Waals surface area contributed by atoms with Crippen molar-refractivity contribution in [2.75, 3.05) is 39.5 Å². The fourth-order valence-corrected chi connectivity index (χ4v) is 4.35. The number of rotatable bonds is 10. The number of hydrogen-bond acceptors (Lipinski definition) is 5. The van der Waals surface area contributed by atoms with E-state index in [0.29, 0.717) is 6.04 Å². The van der Waals surface area contributed by atoms with Crippen molar-refractivity contribution in [3.8, 4) is 5.69 Å². The van der Waals surface area contributed by atoms with Crippen molar-refractivity contribution < 1.29 is 4.79 Å². The van der Waals surface area contributed by atoms with Crippen molar-refractivity contribution in [2.45, 2.75) is 74.3 Å². The number of benzene rings is 1. The molecule has 0 saturated heterocycles. The van der Waals surface area contributed by atoms with E-state index >= 15 is 0 Å². The lowest BCUT2D eigenvalue weighted by Gasteiger charge is -2.28. The van der Waals surface area contributed by atoms with Gasteiger partial charge in [-0.25, -0.2) is 0 Å². The zero-order valence-corrected chi connectivity index (χ0v) is 27.8. The van der Waals surface area contributed by atoms with E-state index in [2.05, 4.69) is 49.0 Å². The maximum Gasteiger partial charge on any atom is 0.257 e. The second-order valence-corrected chi connectivity index (χ2v) is 10.5. The van der Waals surface area contributed by atoms with Crippen LogP contribution in [0.5, 0.6) is 0 Å². The predicted molar refractivity (Wildman–Crippen MR) is 180 cm³/mol.